The summed E-state index contributed by atoms with van der Waals surface area (Å²) in [6.45, 7) is 0.522. The maximum absolute atomic E-state index is 6.21. The van der Waals surface area contributed by atoms with Gasteiger partial charge in [-0.2, -0.15) is 0 Å². The average molecular weight is 305 g/mol. The molecule has 0 aliphatic rings. The van der Waals surface area contributed by atoms with Crippen molar-refractivity contribution >= 4 is 5.69 Å². The first-order chi connectivity index (χ1) is 11.3. The highest BCUT2D eigenvalue weighted by Gasteiger charge is 2.09. The Labute approximate surface area is 136 Å². The minimum absolute atomic E-state index is 0.522. The molecule has 116 valence electrons. The highest BCUT2D eigenvalue weighted by molar-refractivity contribution is 5.81. The molecule has 3 heteroatoms. The van der Waals surface area contributed by atoms with E-state index >= 15 is 0 Å². The fourth-order valence-electron chi connectivity index (χ4n) is 2.48. The van der Waals surface area contributed by atoms with E-state index in [-0.39, 0.29) is 0 Å². The van der Waals surface area contributed by atoms with E-state index in [9.17, 15) is 0 Å². The quantitative estimate of drug-likeness (QED) is 0.705. The van der Waals surface area contributed by atoms with Crippen LogP contribution in [0, 0.1) is 0 Å². The van der Waals surface area contributed by atoms with Crippen molar-refractivity contribution in [1.82, 2.24) is 0 Å². The van der Waals surface area contributed by atoms with Crippen LogP contribution in [0.15, 0.2) is 72.8 Å². The van der Waals surface area contributed by atoms with Crippen molar-refractivity contribution in [2.24, 2.45) is 0 Å². The van der Waals surface area contributed by atoms with Gasteiger partial charge in [-0.05, 0) is 23.8 Å². The molecule has 0 aromatic heterocycles. The van der Waals surface area contributed by atoms with E-state index in [1.807, 2.05) is 72.8 Å². The molecule has 3 aromatic carbocycles. The average Bonchev–Trinajstić information content (AvgIpc) is 2.61. The van der Waals surface area contributed by atoms with Gasteiger partial charge in [0.25, 0.3) is 0 Å². The third-order valence-corrected chi connectivity index (χ3v) is 3.67. The van der Waals surface area contributed by atoms with Crippen LogP contribution < -0.4 is 15.2 Å². The summed E-state index contributed by atoms with van der Waals surface area (Å²) in [6.07, 6.45) is 0. The SMILES string of the molecule is COc1ccccc1-c1ccc(OCc2ccccc2)cc1N. The molecule has 0 radical (unpaired) electrons. The number of nitrogen functional groups attached to an aromatic ring is 1. The van der Waals surface area contributed by atoms with Crippen molar-refractivity contribution in [3.8, 4) is 22.6 Å². The van der Waals surface area contributed by atoms with Crippen LogP contribution in [0.25, 0.3) is 11.1 Å². The van der Waals surface area contributed by atoms with Gasteiger partial charge < -0.3 is 15.2 Å². The Kier molecular flexibility index (Phi) is 4.48. The molecule has 2 N–H and O–H groups in total. The van der Waals surface area contributed by atoms with Gasteiger partial charge >= 0.3 is 0 Å². The summed E-state index contributed by atoms with van der Waals surface area (Å²) in [5.41, 5.74) is 9.92. The van der Waals surface area contributed by atoms with E-state index in [0.29, 0.717) is 12.3 Å². The van der Waals surface area contributed by atoms with Crippen LogP contribution in [0.2, 0.25) is 0 Å². The lowest BCUT2D eigenvalue weighted by molar-refractivity contribution is 0.306. The van der Waals surface area contributed by atoms with Gasteiger partial charge in [0, 0.05) is 22.9 Å². The molecule has 0 saturated heterocycles. The lowest BCUT2D eigenvalue weighted by atomic mass is 10.0. The van der Waals surface area contributed by atoms with Gasteiger partial charge in [-0.25, -0.2) is 0 Å². The normalized spacial score (nSPS) is 10.3. The zero-order chi connectivity index (χ0) is 16.1. The zero-order valence-electron chi connectivity index (χ0n) is 13.0. The maximum atomic E-state index is 6.21. The molecule has 3 nitrogen and oxygen atoms in total. The molecule has 0 atom stereocenters. The molecule has 0 saturated carbocycles. The third kappa shape index (κ3) is 3.46. The Hall–Kier alpha value is -2.94. The van der Waals surface area contributed by atoms with Crippen LogP contribution in [-0.2, 0) is 6.61 Å². The first-order valence-electron chi connectivity index (χ1n) is 7.47. The molecule has 0 bridgehead atoms. The smallest absolute Gasteiger partial charge is 0.126 e. The second kappa shape index (κ2) is 6.88. The van der Waals surface area contributed by atoms with Crippen molar-refractivity contribution in [1.29, 1.82) is 0 Å². The molecule has 3 rings (SSSR count). The maximum Gasteiger partial charge on any atom is 0.126 e. The van der Waals surface area contributed by atoms with Gasteiger partial charge in [-0.3, -0.25) is 0 Å². The van der Waals surface area contributed by atoms with E-state index < -0.39 is 0 Å². The number of hydrogen-bond acceptors (Lipinski definition) is 3. The third-order valence-electron chi connectivity index (χ3n) is 3.67. The minimum Gasteiger partial charge on any atom is -0.496 e. The highest BCUT2D eigenvalue weighted by Crippen LogP contribution is 2.35. The molecule has 0 aliphatic carbocycles. The Balaban J connectivity index is 1.81. The summed E-state index contributed by atoms with van der Waals surface area (Å²) in [6, 6.07) is 23.6. The molecule has 3 aromatic rings. The molecular weight excluding hydrogens is 286 g/mol. The van der Waals surface area contributed by atoms with E-state index in [1.165, 1.54) is 0 Å². The van der Waals surface area contributed by atoms with Gasteiger partial charge in [-0.15, -0.1) is 0 Å². The molecule has 0 aliphatic heterocycles. The second-order valence-corrected chi connectivity index (χ2v) is 5.22. The molecular formula is C20H19NO2. The van der Waals surface area contributed by atoms with E-state index in [1.54, 1.807) is 7.11 Å². The van der Waals surface area contributed by atoms with Crippen molar-refractivity contribution in [3.63, 3.8) is 0 Å². The summed E-state index contributed by atoms with van der Waals surface area (Å²) in [4.78, 5) is 0. The summed E-state index contributed by atoms with van der Waals surface area (Å²) in [7, 11) is 1.66. The lowest BCUT2D eigenvalue weighted by Crippen LogP contribution is -1.97. The number of hydrogen-bond donors (Lipinski definition) is 1. The molecule has 0 heterocycles. The first kappa shape index (κ1) is 15.0. The molecule has 0 unspecified atom stereocenters. The van der Waals surface area contributed by atoms with Gasteiger partial charge in [0.05, 0.1) is 7.11 Å². The van der Waals surface area contributed by atoms with Crippen LogP contribution in [0.5, 0.6) is 11.5 Å². The fraction of sp³-hybridized carbons (Fsp3) is 0.100. The number of rotatable bonds is 5. The predicted molar refractivity (Wildman–Crippen MR) is 93.6 cm³/mol. The minimum atomic E-state index is 0.522. The van der Waals surface area contributed by atoms with Gasteiger partial charge in [0.1, 0.15) is 18.1 Å². The van der Waals surface area contributed by atoms with E-state index in [0.717, 1.165) is 28.2 Å². The monoisotopic (exact) mass is 305 g/mol. The Morgan fingerprint density at radius 3 is 2.30 bits per heavy atom. The van der Waals surface area contributed by atoms with Crippen molar-refractivity contribution < 1.29 is 9.47 Å². The number of nitrogens with two attached hydrogens (primary N) is 1. The molecule has 23 heavy (non-hydrogen) atoms. The Morgan fingerprint density at radius 2 is 1.57 bits per heavy atom. The van der Waals surface area contributed by atoms with Crippen LogP contribution in [0.3, 0.4) is 0 Å². The largest absolute Gasteiger partial charge is 0.496 e. The highest BCUT2D eigenvalue weighted by atomic mass is 16.5. The Morgan fingerprint density at radius 1 is 0.826 bits per heavy atom. The van der Waals surface area contributed by atoms with Gasteiger partial charge in [-0.1, -0.05) is 48.5 Å². The van der Waals surface area contributed by atoms with E-state index in [4.69, 9.17) is 15.2 Å². The summed E-state index contributed by atoms with van der Waals surface area (Å²) in [5.74, 6) is 1.56. The number of para-hydroxylation sites is 1. The Bertz CT molecular complexity index is 785. The lowest BCUT2D eigenvalue weighted by Gasteiger charge is -2.13. The van der Waals surface area contributed by atoms with Crippen LogP contribution >= 0.6 is 0 Å². The topological polar surface area (TPSA) is 44.5 Å². The van der Waals surface area contributed by atoms with Crippen LogP contribution in [0.1, 0.15) is 5.56 Å². The van der Waals surface area contributed by atoms with Crippen molar-refractivity contribution in [2.45, 2.75) is 6.61 Å². The van der Waals surface area contributed by atoms with Crippen LogP contribution in [-0.4, -0.2) is 7.11 Å². The number of methoxy groups -OCH3 is 1. The number of ether oxygens (including phenoxy) is 2. The fourth-order valence-corrected chi connectivity index (χ4v) is 2.48. The predicted octanol–water partition coefficient (Wildman–Crippen LogP) is 4.52. The molecule has 0 spiro atoms. The van der Waals surface area contributed by atoms with Crippen LogP contribution in [0.4, 0.5) is 5.69 Å². The molecule has 0 amide bonds. The second-order valence-electron chi connectivity index (χ2n) is 5.22. The summed E-state index contributed by atoms with van der Waals surface area (Å²) < 4.78 is 11.2. The first-order valence-corrected chi connectivity index (χ1v) is 7.47. The van der Waals surface area contributed by atoms with Gasteiger partial charge in [0.15, 0.2) is 0 Å². The van der Waals surface area contributed by atoms with Crippen molar-refractivity contribution in [3.05, 3.63) is 78.4 Å². The summed E-state index contributed by atoms with van der Waals surface area (Å²) in [5, 5.41) is 0. The standard InChI is InChI=1S/C20H19NO2/c1-22-20-10-6-5-9-18(20)17-12-11-16(13-19(17)21)23-14-15-7-3-2-4-8-15/h2-13H,14,21H2,1H3. The summed E-state index contributed by atoms with van der Waals surface area (Å²) >= 11 is 0. The van der Waals surface area contributed by atoms with Crippen molar-refractivity contribution in [2.75, 3.05) is 12.8 Å². The zero-order valence-corrected chi connectivity index (χ0v) is 13.0. The van der Waals surface area contributed by atoms with Gasteiger partial charge in [0.2, 0.25) is 0 Å². The number of benzene rings is 3. The number of anilines is 1. The van der Waals surface area contributed by atoms with E-state index in [2.05, 4.69) is 0 Å². The molecule has 0 fully saturated rings.